The second-order valence-corrected chi connectivity index (χ2v) is 8.63. The minimum absolute atomic E-state index is 0.0908. The summed E-state index contributed by atoms with van der Waals surface area (Å²) in [6.07, 6.45) is 4.34. The Bertz CT molecular complexity index is 1110. The average Bonchev–Trinajstić information content (AvgIpc) is 3.47. The number of aliphatic hydroxyl groups excluding tert-OH is 1. The summed E-state index contributed by atoms with van der Waals surface area (Å²) in [7, 11) is 1.60. The molecule has 0 amide bonds. The number of carbonyl (C=O) groups is 1. The highest BCUT2D eigenvalue weighted by molar-refractivity contribution is 8.18. The number of aromatic nitrogens is 1. The first-order valence-electron chi connectivity index (χ1n) is 10.3. The number of benzene rings is 1. The van der Waals surface area contributed by atoms with E-state index in [0.29, 0.717) is 21.7 Å². The first kappa shape index (κ1) is 21.3. The Balaban J connectivity index is 1.73. The molecule has 7 heteroatoms. The molecule has 1 aliphatic heterocycles. The van der Waals surface area contributed by atoms with E-state index in [4.69, 9.17) is 9.47 Å². The van der Waals surface area contributed by atoms with Gasteiger partial charge in [0.25, 0.3) is 0 Å². The van der Waals surface area contributed by atoms with Gasteiger partial charge >= 0.3 is 5.97 Å². The molecule has 0 atom stereocenters. The van der Waals surface area contributed by atoms with Crippen molar-refractivity contribution in [2.45, 2.75) is 39.7 Å². The zero-order chi connectivity index (χ0) is 22.1. The van der Waals surface area contributed by atoms with Crippen molar-refractivity contribution in [2.75, 3.05) is 13.7 Å². The smallest absolute Gasteiger partial charge is 0.344 e. The zero-order valence-corrected chi connectivity index (χ0v) is 19.0. The van der Waals surface area contributed by atoms with Crippen molar-refractivity contribution in [1.29, 1.82) is 0 Å². The first-order chi connectivity index (χ1) is 14.9. The van der Waals surface area contributed by atoms with Gasteiger partial charge in [0.2, 0.25) is 0 Å². The van der Waals surface area contributed by atoms with E-state index in [1.807, 2.05) is 6.08 Å². The summed E-state index contributed by atoms with van der Waals surface area (Å²) < 4.78 is 12.7. The van der Waals surface area contributed by atoms with Crippen LogP contribution in [0.5, 0.6) is 5.75 Å². The molecular weight excluding hydrogens is 412 g/mol. The third-order valence-electron chi connectivity index (χ3n) is 5.40. The van der Waals surface area contributed by atoms with Crippen LogP contribution in [0, 0.1) is 13.8 Å². The number of aryl methyl sites for hydroxylation is 1. The van der Waals surface area contributed by atoms with E-state index >= 15 is 0 Å². The molecule has 0 bridgehead atoms. The van der Waals surface area contributed by atoms with E-state index in [2.05, 4.69) is 29.5 Å². The fourth-order valence-corrected chi connectivity index (χ4v) is 4.78. The highest BCUT2D eigenvalue weighted by atomic mass is 32.2. The summed E-state index contributed by atoms with van der Waals surface area (Å²) in [6.45, 7) is 6.15. The molecule has 6 nitrogen and oxygen atoms in total. The Morgan fingerprint density at radius 2 is 2.00 bits per heavy atom. The zero-order valence-electron chi connectivity index (χ0n) is 18.1. The predicted octanol–water partition coefficient (Wildman–Crippen LogP) is 5.64. The SMILES string of the molecule is CCOC(=O)C1=C(O)C(=Cc2cc(C)n(C3CC3)c2C)SC1=Nc1ccc(OC)cc1. The lowest BCUT2D eigenvalue weighted by molar-refractivity contribution is -0.138. The lowest BCUT2D eigenvalue weighted by Gasteiger charge is -2.07. The van der Waals surface area contributed by atoms with Crippen LogP contribution in [0.2, 0.25) is 0 Å². The molecule has 1 aromatic heterocycles. The summed E-state index contributed by atoms with van der Waals surface area (Å²) in [5.41, 5.74) is 4.17. The van der Waals surface area contributed by atoms with E-state index in [1.165, 1.54) is 36.0 Å². The van der Waals surface area contributed by atoms with Crippen molar-refractivity contribution >= 4 is 34.5 Å². The molecule has 0 spiro atoms. The number of carbonyl (C=O) groups excluding carboxylic acids is 1. The summed E-state index contributed by atoms with van der Waals surface area (Å²) >= 11 is 1.27. The van der Waals surface area contributed by atoms with Gasteiger partial charge in [-0.2, -0.15) is 0 Å². The number of methoxy groups -OCH3 is 1. The fourth-order valence-electron chi connectivity index (χ4n) is 3.75. The number of aliphatic hydroxyl groups is 1. The highest BCUT2D eigenvalue weighted by Gasteiger charge is 2.34. The molecule has 2 heterocycles. The molecule has 1 N–H and O–H groups in total. The van der Waals surface area contributed by atoms with Gasteiger partial charge in [0.05, 0.1) is 24.3 Å². The van der Waals surface area contributed by atoms with Crippen LogP contribution in [-0.4, -0.2) is 34.4 Å². The summed E-state index contributed by atoms with van der Waals surface area (Å²) in [4.78, 5) is 17.8. The number of hydrogen-bond donors (Lipinski definition) is 1. The lowest BCUT2D eigenvalue weighted by Crippen LogP contribution is -2.12. The number of ether oxygens (including phenoxy) is 2. The van der Waals surface area contributed by atoms with Crippen LogP contribution >= 0.6 is 11.8 Å². The summed E-state index contributed by atoms with van der Waals surface area (Å²) in [5.74, 6) is 0.0530. The van der Waals surface area contributed by atoms with Gasteiger partial charge < -0.3 is 19.1 Å². The number of rotatable bonds is 6. The molecule has 0 radical (unpaired) electrons. The number of esters is 1. The van der Waals surface area contributed by atoms with Gasteiger partial charge in [-0.05, 0) is 75.6 Å². The quantitative estimate of drug-likeness (QED) is 0.591. The second kappa shape index (κ2) is 8.67. The Labute approximate surface area is 186 Å². The topological polar surface area (TPSA) is 73.0 Å². The summed E-state index contributed by atoms with van der Waals surface area (Å²) in [6, 6.07) is 9.91. The molecular formula is C24H26N2O4S. The van der Waals surface area contributed by atoms with E-state index in [1.54, 1.807) is 38.3 Å². The van der Waals surface area contributed by atoms with Crippen LogP contribution in [-0.2, 0) is 9.53 Å². The maximum absolute atomic E-state index is 12.6. The fraction of sp³-hybridized carbons (Fsp3) is 0.333. The molecule has 1 fully saturated rings. The molecule has 1 aromatic carbocycles. The van der Waals surface area contributed by atoms with Gasteiger partial charge in [-0.15, -0.1) is 0 Å². The van der Waals surface area contributed by atoms with Gasteiger partial charge in [-0.3, -0.25) is 0 Å². The molecule has 1 aliphatic carbocycles. The molecule has 2 aliphatic rings. The van der Waals surface area contributed by atoms with Gasteiger partial charge in [-0.1, -0.05) is 11.8 Å². The molecule has 0 saturated heterocycles. The standard InChI is InChI=1S/C24H26N2O4S/c1-5-30-24(28)21-22(27)20(13-16-12-14(2)26(15(16)3)18-8-9-18)31-23(21)25-17-6-10-19(29-4)11-7-17/h6-7,10-13,18,27H,5,8-9H2,1-4H3. The van der Waals surface area contributed by atoms with Crippen molar-refractivity contribution in [3.8, 4) is 5.75 Å². The van der Waals surface area contributed by atoms with Crippen molar-refractivity contribution in [1.82, 2.24) is 4.57 Å². The molecule has 31 heavy (non-hydrogen) atoms. The summed E-state index contributed by atoms with van der Waals surface area (Å²) in [5, 5.41) is 11.3. The second-order valence-electron chi connectivity index (χ2n) is 7.60. The minimum atomic E-state index is -0.577. The van der Waals surface area contributed by atoms with Crippen LogP contribution in [0.25, 0.3) is 6.08 Å². The van der Waals surface area contributed by atoms with Crippen LogP contribution in [0.15, 0.2) is 51.6 Å². The van der Waals surface area contributed by atoms with Gasteiger partial charge in [0.1, 0.15) is 22.1 Å². The predicted molar refractivity (Wildman–Crippen MR) is 124 cm³/mol. The molecule has 4 rings (SSSR count). The largest absolute Gasteiger partial charge is 0.506 e. The molecule has 0 unspecified atom stereocenters. The number of aliphatic imine (C=N–C) groups is 1. The van der Waals surface area contributed by atoms with Crippen molar-refractivity contribution < 1.29 is 19.4 Å². The lowest BCUT2D eigenvalue weighted by atomic mass is 10.2. The van der Waals surface area contributed by atoms with E-state index < -0.39 is 5.97 Å². The van der Waals surface area contributed by atoms with Gasteiger partial charge in [0, 0.05) is 17.4 Å². The van der Waals surface area contributed by atoms with E-state index in [-0.39, 0.29) is 17.9 Å². The third-order valence-corrected chi connectivity index (χ3v) is 6.42. The maximum Gasteiger partial charge on any atom is 0.344 e. The Hall–Kier alpha value is -2.93. The average molecular weight is 439 g/mol. The number of nitrogens with zero attached hydrogens (tertiary/aromatic N) is 2. The maximum atomic E-state index is 12.6. The van der Waals surface area contributed by atoms with Crippen LogP contribution in [0.4, 0.5) is 5.69 Å². The number of hydrogen-bond acceptors (Lipinski definition) is 6. The van der Waals surface area contributed by atoms with Crippen LogP contribution < -0.4 is 4.74 Å². The third kappa shape index (κ3) is 4.28. The molecule has 1 saturated carbocycles. The van der Waals surface area contributed by atoms with Gasteiger partial charge in [0.15, 0.2) is 0 Å². The first-order valence-corrected chi connectivity index (χ1v) is 11.2. The van der Waals surface area contributed by atoms with Crippen LogP contribution in [0.3, 0.4) is 0 Å². The monoisotopic (exact) mass is 438 g/mol. The van der Waals surface area contributed by atoms with Crippen molar-refractivity contribution in [3.05, 3.63) is 63.5 Å². The van der Waals surface area contributed by atoms with Crippen molar-refractivity contribution in [3.63, 3.8) is 0 Å². The Morgan fingerprint density at radius 3 is 2.61 bits per heavy atom. The highest BCUT2D eigenvalue weighted by Crippen LogP contribution is 2.42. The van der Waals surface area contributed by atoms with E-state index in [9.17, 15) is 9.90 Å². The Morgan fingerprint density at radius 1 is 1.29 bits per heavy atom. The Kier molecular flexibility index (Phi) is 5.96. The number of thioether (sulfide) groups is 1. The van der Waals surface area contributed by atoms with Crippen molar-refractivity contribution in [2.24, 2.45) is 4.99 Å². The molecule has 162 valence electrons. The minimum Gasteiger partial charge on any atom is -0.506 e. The molecule has 2 aromatic rings. The van der Waals surface area contributed by atoms with Crippen LogP contribution in [0.1, 0.15) is 42.8 Å². The van der Waals surface area contributed by atoms with Gasteiger partial charge in [-0.25, -0.2) is 9.79 Å². The normalized spacial score (nSPS) is 18.8. The van der Waals surface area contributed by atoms with E-state index in [0.717, 1.165) is 11.3 Å².